The maximum atomic E-state index is 13.0. The molecule has 0 N–H and O–H groups in total. The van der Waals surface area contributed by atoms with Crippen molar-refractivity contribution in [2.45, 2.75) is 57.2 Å². The molecule has 2 heterocycles. The summed E-state index contributed by atoms with van der Waals surface area (Å²) in [5, 5.41) is 8.53. The minimum atomic E-state index is 0.166. The summed E-state index contributed by atoms with van der Waals surface area (Å²) < 4.78 is 7.39. The molecule has 4 rings (SSSR count). The average Bonchev–Trinajstić information content (AvgIpc) is 3.29. The Morgan fingerprint density at radius 3 is 2.80 bits per heavy atom. The van der Waals surface area contributed by atoms with Crippen molar-refractivity contribution in [3.63, 3.8) is 0 Å². The highest BCUT2D eigenvalue weighted by Crippen LogP contribution is 2.30. The maximum Gasteiger partial charge on any atom is 0.225 e. The topological polar surface area (TPSA) is 60.2 Å². The van der Waals surface area contributed by atoms with Gasteiger partial charge in [0.1, 0.15) is 5.52 Å². The van der Waals surface area contributed by atoms with Crippen LogP contribution >= 0.6 is 0 Å². The summed E-state index contributed by atoms with van der Waals surface area (Å²) >= 11 is 0. The third-order valence-electron chi connectivity index (χ3n) is 5.82. The monoisotopic (exact) mass is 342 g/mol. The van der Waals surface area contributed by atoms with Crippen LogP contribution in [-0.2, 0) is 16.1 Å². The van der Waals surface area contributed by atoms with Crippen LogP contribution in [0, 0.1) is 5.92 Å². The molecular weight excluding hydrogens is 316 g/mol. The Morgan fingerprint density at radius 2 is 2.00 bits per heavy atom. The standard InChI is InChI=1S/C19H26N4O2/c1-25-16-10-8-14(9-11-16)19(24)22-12-4-5-15(22)13-23-18-7-3-2-6-17(18)20-21-23/h2-3,6-7,14-16H,4-5,8-13H2,1H3/t14?,15-,16?/m1/s1. The number of nitrogens with zero attached hydrogens (tertiary/aromatic N) is 4. The highest BCUT2D eigenvalue weighted by atomic mass is 16.5. The van der Waals surface area contributed by atoms with E-state index in [1.807, 2.05) is 28.9 Å². The number of benzene rings is 1. The second-order valence-corrected chi connectivity index (χ2v) is 7.30. The molecule has 0 unspecified atom stereocenters. The van der Waals surface area contributed by atoms with Crippen molar-refractivity contribution in [1.29, 1.82) is 0 Å². The zero-order valence-corrected chi connectivity index (χ0v) is 14.8. The second-order valence-electron chi connectivity index (χ2n) is 7.30. The summed E-state index contributed by atoms with van der Waals surface area (Å²) in [7, 11) is 1.77. The van der Waals surface area contributed by atoms with Crippen molar-refractivity contribution in [2.24, 2.45) is 5.92 Å². The van der Waals surface area contributed by atoms with Gasteiger partial charge in [0.15, 0.2) is 0 Å². The molecule has 6 nitrogen and oxygen atoms in total. The van der Waals surface area contributed by atoms with Gasteiger partial charge in [-0.2, -0.15) is 0 Å². The van der Waals surface area contributed by atoms with E-state index in [-0.39, 0.29) is 12.0 Å². The lowest BCUT2D eigenvalue weighted by atomic mass is 9.86. The largest absolute Gasteiger partial charge is 0.381 e. The van der Waals surface area contributed by atoms with E-state index in [0.29, 0.717) is 12.0 Å². The lowest BCUT2D eigenvalue weighted by Crippen LogP contribution is -2.43. The number of methoxy groups -OCH3 is 1. The van der Waals surface area contributed by atoms with Gasteiger partial charge in [0, 0.05) is 19.6 Å². The van der Waals surface area contributed by atoms with Gasteiger partial charge in [-0.25, -0.2) is 4.68 Å². The summed E-state index contributed by atoms with van der Waals surface area (Å²) in [6.45, 7) is 1.61. The highest BCUT2D eigenvalue weighted by Gasteiger charge is 2.35. The number of hydrogen-bond donors (Lipinski definition) is 0. The molecule has 1 aliphatic carbocycles. The van der Waals surface area contributed by atoms with E-state index in [2.05, 4.69) is 15.2 Å². The molecule has 2 aromatic rings. The molecule has 1 aliphatic heterocycles. The van der Waals surface area contributed by atoms with Crippen LogP contribution in [0.3, 0.4) is 0 Å². The van der Waals surface area contributed by atoms with E-state index in [0.717, 1.165) is 62.6 Å². The fourth-order valence-corrected chi connectivity index (χ4v) is 4.35. The molecule has 25 heavy (non-hydrogen) atoms. The van der Waals surface area contributed by atoms with Gasteiger partial charge in [0.2, 0.25) is 5.91 Å². The number of carbonyl (C=O) groups excluding carboxylic acids is 1. The number of ether oxygens (including phenoxy) is 1. The van der Waals surface area contributed by atoms with Crippen molar-refractivity contribution < 1.29 is 9.53 Å². The van der Waals surface area contributed by atoms with E-state index in [1.165, 1.54) is 0 Å². The molecule has 1 saturated carbocycles. The number of fused-ring (bicyclic) bond motifs is 1. The van der Waals surface area contributed by atoms with Crippen LogP contribution in [0.15, 0.2) is 24.3 Å². The number of hydrogen-bond acceptors (Lipinski definition) is 4. The fraction of sp³-hybridized carbons (Fsp3) is 0.632. The first-order valence-corrected chi connectivity index (χ1v) is 9.38. The number of aromatic nitrogens is 3. The Labute approximate surface area is 148 Å². The number of carbonyl (C=O) groups is 1. The first-order valence-electron chi connectivity index (χ1n) is 9.38. The molecule has 1 aromatic heterocycles. The van der Waals surface area contributed by atoms with Crippen LogP contribution in [0.4, 0.5) is 0 Å². The first kappa shape index (κ1) is 16.5. The van der Waals surface area contributed by atoms with Crippen molar-refractivity contribution in [2.75, 3.05) is 13.7 Å². The van der Waals surface area contributed by atoms with Crippen LogP contribution in [-0.4, -0.2) is 51.6 Å². The smallest absolute Gasteiger partial charge is 0.225 e. The van der Waals surface area contributed by atoms with Gasteiger partial charge in [-0.05, 0) is 50.7 Å². The van der Waals surface area contributed by atoms with E-state index in [4.69, 9.17) is 4.74 Å². The normalized spacial score (nSPS) is 27.1. The lowest BCUT2D eigenvalue weighted by Gasteiger charge is -2.32. The number of rotatable bonds is 4. The van der Waals surface area contributed by atoms with Gasteiger partial charge in [-0.1, -0.05) is 17.3 Å². The van der Waals surface area contributed by atoms with Crippen LogP contribution in [0.1, 0.15) is 38.5 Å². The molecule has 0 radical (unpaired) electrons. The molecule has 0 spiro atoms. The van der Waals surface area contributed by atoms with Gasteiger partial charge < -0.3 is 9.64 Å². The third kappa shape index (κ3) is 3.27. The van der Waals surface area contributed by atoms with Gasteiger partial charge in [-0.3, -0.25) is 4.79 Å². The predicted molar refractivity (Wildman–Crippen MR) is 95.0 cm³/mol. The minimum absolute atomic E-state index is 0.166. The fourth-order valence-electron chi connectivity index (χ4n) is 4.35. The van der Waals surface area contributed by atoms with Gasteiger partial charge in [-0.15, -0.1) is 5.10 Å². The number of amides is 1. The number of para-hydroxylation sites is 1. The molecule has 2 fully saturated rings. The van der Waals surface area contributed by atoms with E-state index in [9.17, 15) is 4.79 Å². The van der Waals surface area contributed by atoms with E-state index < -0.39 is 0 Å². The summed E-state index contributed by atoms with van der Waals surface area (Å²) in [6, 6.07) is 8.24. The van der Waals surface area contributed by atoms with Crippen LogP contribution in [0.25, 0.3) is 11.0 Å². The first-order chi connectivity index (χ1) is 12.3. The van der Waals surface area contributed by atoms with Crippen molar-refractivity contribution in [3.05, 3.63) is 24.3 Å². The minimum Gasteiger partial charge on any atom is -0.381 e. The third-order valence-corrected chi connectivity index (χ3v) is 5.82. The van der Waals surface area contributed by atoms with Crippen molar-refractivity contribution >= 4 is 16.9 Å². The Balaban J connectivity index is 1.44. The summed E-state index contributed by atoms with van der Waals surface area (Å²) in [5.74, 6) is 0.501. The van der Waals surface area contributed by atoms with Crippen molar-refractivity contribution in [1.82, 2.24) is 19.9 Å². The highest BCUT2D eigenvalue weighted by molar-refractivity contribution is 5.79. The van der Waals surface area contributed by atoms with Crippen LogP contribution in [0.2, 0.25) is 0 Å². The van der Waals surface area contributed by atoms with Gasteiger partial charge >= 0.3 is 0 Å². The summed E-state index contributed by atoms with van der Waals surface area (Å²) in [5.41, 5.74) is 1.96. The Kier molecular flexibility index (Phi) is 4.70. The molecule has 0 bridgehead atoms. The zero-order valence-electron chi connectivity index (χ0n) is 14.8. The SMILES string of the molecule is COC1CCC(C(=O)N2CCC[C@@H]2Cn2nnc3ccccc32)CC1. The Hall–Kier alpha value is -1.95. The maximum absolute atomic E-state index is 13.0. The lowest BCUT2D eigenvalue weighted by molar-refractivity contribution is -0.138. The molecule has 1 aromatic carbocycles. The number of likely N-dealkylation sites (tertiary alicyclic amines) is 1. The quantitative estimate of drug-likeness (QED) is 0.857. The van der Waals surface area contributed by atoms with E-state index in [1.54, 1.807) is 7.11 Å². The summed E-state index contributed by atoms with van der Waals surface area (Å²) in [4.78, 5) is 15.1. The van der Waals surface area contributed by atoms with E-state index >= 15 is 0 Å². The average molecular weight is 342 g/mol. The molecular formula is C19H26N4O2. The van der Waals surface area contributed by atoms with Gasteiger partial charge in [0.05, 0.1) is 24.2 Å². The molecule has 134 valence electrons. The summed E-state index contributed by atoms with van der Waals surface area (Å²) in [6.07, 6.45) is 6.36. The molecule has 6 heteroatoms. The van der Waals surface area contributed by atoms with Crippen LogP contribution in [0.5, 0.6) is 0 Å². The predicted octanol–water partition coefficient (Wildman–Crippen LogP) is 2.63. The van der Waals surface area contributed by atoms with Gasteiger partial charge in [0.25, 0.3) is 0 Å². The molecule has 1 amide bonds. The Morgan fingerprint density at radius 1 is 1.20 bits per heavy atom. The zero-order chi connectivity index (χ0) is 17.2. The van der Waals surface area contributed by atoms with Crippen molar-refractivity contribution in [3.8, 4) is 0 Å². The molecule has 1 atom stereocenters. The molecule has 1 saturated heterocycles. The molecule has 2 aliphatic rings. The second kappa shape index (κ2) is 7.12. The Bertz CT molecular complexity index is 736. The van der Waals surface area contributed by atoms with Crippen LogP contribution < -0.4 is 0 Å².